The highest BCUT2D eigenvalue weighted by molar-refractivity contribution is 5.94. The average Bonchev–Trinajstić information content (AvgIpc) is 2.99. The molecule has 2 N–H and O–H groups in total. The van der Waals surface area contributed by atoms with Crippen LogP contribution in [0, 0.1) is 11.8 Å². The summed E-state index contributed by atoms with van der Waals surface area (Å²) in [6, 6.07) is 15.4. The fourth-order valence-electron chi connectivity index (χ4n) is 5.17. The van der Waals surface area contributed by atoms with Gasteiger partial charge in [-0.05, 0) is 73.5 Å². The first kappa shape index (κ1) is 24.9. The summed E-state index contributed by atoms with van der Waals surface area (Å²) in [7, 11) is 1.84. The Bertz CT molecular complexity index is 1050. The number of benzene rings is 2. The fourth-order valence-corrected chi connectivity index (χ4v) is 5.17. The van der Waals surface area contributed by atoms with E-state index in [0.717, 1.165) is 49.0 Å². The molecule has 0 aliphatic carbocycles. The number of nitrogens with zero attached hydrogens (tertiary/aromatic N) is 2. The van der Waals surface area contributed by atoms with Crippen LogP contribution in [0.1, 0.15) is 52.7 Å². The molecule has 0 radical (unpaired) electrons. The molecule has 2 heterocycles. The van der Waals surface area contributed by atoms with E-state index in [1.54, 1.807) is 9.80 Å². The molecular weight excluding hydrogens is 442 g/mol. The molecule has 1 saturated heterocycles. The second-order valence-corrected chi connectivity index (χ2v) is 9.87. The van der Waals surface area contributed by atoms with Crippen LogP contribution in [0.4, 0.5) is 0 Å². The lowest BCUT2D eigenvalue weighted by molar-refractivity contribution is -0.144. The maximum absolute atomic E-state index is 13.3. The second-order valence-electron chi connectivity index (χ2n) is 9.87. The first-order chi connectivity index (χ1) is 16.9. The molecule has 0 aromatic heterocycles. The number of nitrogens with one attached hydrogen (secondary N) is 1. The Balaban J connectivity index is 1.51. The highest BCUT2D eigenvalue weighted by atomic mass is 16.4. The number of hydrogen-bond acceptors (Lipinski definition) is 4. The maximum Gasteiger partial charge on any atom is 0.304 e. The van der Waals surface area contributed by atoms with Crippen LogP contribution >= 0.6 is 0 Å². The first-order valence-corrected chi connectivity index (χ1v) is 12.5. The number of fused-ring (bicyclic) bond motifs is 1. The van der Waals surface area contributed by atoms with E-state index < -0.39 is 11.9 Å². The molecule has 7 nitrogen and oxygen atoms in total. The van der Waals surface area contributed by atoms with Crippen LogP contribution in [-0.2, 0) is 29.1 Å². The van der Waals surface area contributed by atoms with Crippen LogP contribution in [0.15, 0.2) is 48.5 Å². The SMILES string of the molecule is CN(CCC1CCNCC1)C(=O)c1ccc2c(c1)CC(CC(=O)O)C(=O)N(Cc1ccccc1)C2. The van der Waals surface area contributed by atoms with E-state index in [9.17, 15) is 19.5 Å². The minimum Gasteiger partial charge on any atom is -0.481 e. The summed E-state index contributed by atoms with van der Waals surface area (Å²) >= 11 is 0. The number of hydrogen-bond donors (Lipinski definition) is 2. The molecule has 186 valence electrons. The Labute approximate surface area is 207 Å². The zero-order valence-electron chi connectivity index (χ0n) is 20.4. The number of carboxylic acids is 1. The van der Waals surface area contributed by atoms with Gasteiger partial charge in [0.15, 0.2) is 0 Å². The number of piperidine rings is 1. The van der Waals surface area contributed by atoms with Crippen LogP contribution in [-0.4, -0.2) is 59.4 Å². The highest BCUT2D eigenvalue weighted by Crippen LogP contribution is 2.28. The number of carbonyl (C=O) groups is 3. The number of amides is 2. The van der Waals surface area contributed by atoms with Crippen LogP contribution in [0.2, 0.25) is 0 Å². The molecule has 0 saturated carbocycles. The van der Waals surface area contributed by atoms with Crippen molar-refractivity contribution in [3.8, 4) is 0 Å². The molecular formula is C28H35N3O4. The molecule has 0 spiro atoms. The number of aliphatic carboxylic acids is 1. The van der Waals surface area contributed by atoms with Crippen molar-refractivity contribution < 1.29 is 19.5 Å². The van der Waals surface area contributed by atoms with Gasteiger partial charge in [-0.15, -0.1) is 0 Å². The van der Waals surface area contributed by atoms with Gasteiger partial charge in [0.05, 0.1) is 12.3 Å². The standard InChI is InChI=1S/C28H35N3O4/c1-30(14-11-20-9-12-29-13-10-20)27(34)22-7-8-23-19-31(18-21-5-3-2-4-6-21)28(35)25(17-26(32)33)16-24(23)15-22/h2-8,15,20,25,29H,9-14,16-19H2,1H3,(H,32,33). The van der Waals surface area contributed by atoms with Crippen molar-refractivity contribution in [2.75, 3.05) is 26.7 Å². The molecule has 7 heteroatoms. The van der Waals surface area contributed by atoms with Gasteiger partial charge in [0.1, 0.15) is 0 Å². The molecule has 1 unspecified atom stereocenters. The zero-order chi connectivity index (χ0) is 24.8. The Kier molecular flexibility index (Phi) is 8.18. The second kappa shape index (κ2) is 11.5. The summed E-state index contributed by atoms with van der Waals surface area (Å²) in [5.74, 6) is -1.18. The third-order valence-electron chi connectivity index (χ3n) is 7.26. The topological polar surface area (TPSA) is 90.0 Å². The third-order valence-corrected chi connectivity index (χ3v) is 7.26. The van der Waals surface area contributed by atoms with Gasteiger partial charge in [-0.25, -0.2) is 0 Å². The normalized spacial score (nSPS) is 18.6. The largest absolute Gasteiger partial charge is 0.481 e. The third kappa shape index (κ3) is 6.48. The Morgan fingerprint density at radius 2 is 1.83 bits per heavy atom. The molecule has 2 amide bonds. The van der Waals surface area contributed by atoms with E-state index in [0.29, 0.717) is 37.5 Å². The molecule has 2 aromatic carbocycles. The van der Waals surface area contributed by atoms with Gasteiger partial charge < -0.3 is 20.2 Å². The predicted octanol–water partition coefficient (Wildman–Crippen LogP) is 3.32. The minimum absolute atomic E-state index is 0.0340. The van der Waals surface area contributed by atoms with E-state index in [2.05, 4.69) is 5.32 Å². The molecule has 2 aliphatic rings. The van der Waals surface area contributed by atoms with E-state index in [-0.39, 0.29) is 18.2 Å². The van der Waals surface area contributed by atoms with Crippen LogP contribution in [0.3, 0.4) is 0 Å². The van der Waals surface area contributed by atoms with Crippen molar-refractivity contribution in [3.63, 3.8) is 0 Å². The monoisotopic (exact) mass is 477 g/mol. The molecule has 1 fully saturated rings. The van der Waals surface area contributed by atoms with Crippen LogP contribution in [0.5, 0.6) is 0 Å². The molecule has 2 aliphatic heterocycles. The summed E-state index contributed by atoms with van der Waals surface area (Å²) in [5.41, 5.74) is 3.45. The Morgan fingerprint density at radius 1 is 1.09 bits per heavy atom. The van der Waals surface area contributed by atoms with Gasteiger partial charge in [-0.2, -0.15) is 0 Å². The lowest BCUT2D eigenvalue weighted by Crippen LogP contribution is -2.35. The van der Waals surface area contributed by atoms with Gasteiger partial charge in [0.2, 0.25) is 5.91 Å². The van der Waals surface area contributed by atoms with Gasteiger partial charge >= 0.3 is 5.97 Å². The van der Waals surface area contributed by atoms with Crippen molar-refractivity contribution in [1.29, 1.82) is 0 Å². The molecule has 4 rings (SSSR count). The fraction of sp³-hybridized carbons (Fsp3) is 0.464. The summed E-state index contributed by atoms with van der Waals surface area (Å²) in [6.45, 7) is 3.63. The zero-order valence-corrected chi connectivity index (χ0v) is 20.4. The van der Waals surface area contributed by atoms with Crippen LogP contribution < -0.4 is 5.32 Å². The summed E-state index contributed by atoms with van der Waals surface area (Å²) in [5, 5.41) is 12.8. The summed E-state index contributed by atoms with van der Waals surface area (Å²) in [4.78, 5) is 41.5. The molecule has 0 bridgehead atoms. The number of carboxylic acid groups (broad SMARTS) is 1. The lowest BCUT2D eigenvalue weighted by Gasteiger charge is -2.25. The van der Waals surface area contributed by atoms with Gasteiger partial charge in [-0.1, -0.05) is 36.4 Å². The van der Waals surface area contributed by atoms with Crippen molar-refractivity contribution in [2.45, 2.75) is 45.2 Å². The first-order valence-electron chi connectivity index (χ1n) is 12.5. The summed E-state index contributed by atoms with van der Waals surface area (Å²) in [6.07, 6.45) is 3.40. The Morgan fingerprint density at radius 3 is 2.54 bits per heavy atom. The smallest absolute Gasteiger partial charge is 0.304 e. The predicted molar refractivity (Wildman–Crippen MR) is 134 cm³/mol. The van der Waals surface area contributed by atoms with Gasteiger partial charge in [0, 0.05) is 32.2 Å². The van der Waals surface area contributed by atoms with E-state index in [1.807, 2.05) is 55.6 Å². The number of carbonyl (C=O) groups excluding carboxylic acids is 2. The van der Waals surface area contributed by atoms with Gasteiger partial charge in [0.25, 0.3) is 5.91 Å². The number of rotatable bonds is 8. The summed E-state index contributed by atoms with van der Waals surface area (Å²) < 4.78 is 0. The van der Waals surface area contributed by atoms with Gasteiger partial charge in [-0.3, -0.25) is 14.4 Å². The van der Waals surface area contributed by atoms with Crippen molar-refractivity contribution in [3.05, 3.63) is 70.8 Å². The molecule has 1 atom stereocenters. The Hall–Kier alpha value is -3.19. The van der Waals surface area contributed by atoms with Crippen molar-refractivity contribution >= 4 is 17.8 Å². The molecule has 35 heavy (non-hydrogen) atoms. The highest BCUT2D eigenvalue weighted by Gasteiger charge is 2.32. The molecule has 2 aromatic rings. The van der Waals surface area contributed by atoms with E-state index in [1.165, 1.54) is 0 Å². The van der Waals surface area contributed by atoms with E-state index in [4.69, 9.17) is 0 Å². The quantitative estimate of drug-likeness (QED) is 0.609. The minimum atomic E-state index is -0.990. The van der Waals surface area contributed by atoms with Crippen molar-refractivity contribution in [2.24, 2.45) is 11.8 Å². The maximum atomic E-state index is 13.3. The van der Waals surface area contributed by atoms with Crippen molar-refractivity contribution in [1.82, 2.24) is 15.1 Å². The average molecular weight is 478 g/mol. The van der Waals surface area contributed by atoms with Crippen LogP contribution in [0.25, 0.3) is 0 Å². The van der Waals surface area contributed by atoms with E-state index >= 15 is 0 Å². The lowest BCUT2D eigenvalue weighted by atomic mass is 9.92.